The lowest BCUT2D eigenvalue weighted by atomic mass is 10.1. The molecule has 1 heterocycles. The van der Waals surface area contributed by atoms with Crippen LogP contribution in [0.5, 0.6) is 0 Å². The van der Waals surface area contributed by atoms with Crippen LogP contribution in [0, 0.1) is 6.92 Å². The average molecular weight is 434 g/mol. The van der Waals surface area contributed by atoms with Crippen LogP contribution in [-0.4, -0.2) is 21.8 Å². The summed E-state index contributed by atoms with van der Waals surface area (Å²) in [4.78, 5) is 32.3. The van der Waals surface area contributed by atoms with Crippen LogP contribution >= 0.6 is 11.6 Å². The number of imidazole rings is 1. The van der Waals surface area contributed by atoms with Crippen LogP contribution in [-0.2, 0) is 9.53 Å². The number of anilines is 1. The highest BCUT2D eigenvalue weighted by Gasteiger charge is 2.24. The zero-order valence-corrected chi connectivity index (χ0v) is 17.7. The molecule has 31 heavy (non-hydrogen) atoms. The molecule has 0 saturated heterocycles. The monoisotopic (exact) mass is 433 g/mol. The maximum Gasteiger partial charge on any atom is 0.339 e. The number of rotatable bonds is 5. The molecular weight excluding hydrogens is 414 g/mol. The fourth-order valence-electron chi connectivity index (χ4n) is 3.28. The summed E-state index contributed by atoms with van der Waals surface area (Å²) in [6, 6.07) is 19.8. The van der Waals surface area contributed by atoms with Crippen LogP contribution in [0.2, 0.25) is 5.02 Å². The third kappa shape index (κ3) is 4.59. The molecule has 0 saturated carbocycles. The summed E-state index contributed by atoms with van der Waals surface area (Å²) in [7, 11) is 0. The quantitative estimate of drug-likeness (QED) is 0.411. The first-order valence-electron chi connectivity index (χ1n) is 9.70. The normalized spacial score (nSPS) is 11.8. The third-order valence-electron chi connectivity index (χ3n) is 4.82. The molecular formula is C24H20ClN3O3. The molecule has 7 heteroatoms. The van der Waals surface area contributed by atoms with E-state index in [4.69, 9.17) is 16.3 Å². The van der Waals surface area contributed by atoms with Gasteiger partial charge in [-0.3, -0.25) is 4.79 Å². The second-order valence-electron chi connectivity index (χ2n) is 7.19. The Labute approximate surface area is 184 Å². The van der Waals surface area contributed by atoms with Gasteiger partial charge in [0.05, 0.1) is 16.6 Å². The zero-order valence-electron chi connectivity index (χ0n) is 17.0. The molecule has 0 bridgehead atoms. The average Bonchev–Trinajstić information content (AvgIpc) is 3.16. The first kappa shape index (κ1) is 20.6. The van der Waals surface area contributed by atoms with Crippen molar-refractivity contribution in [1.82, 2.24) is 9.97 Å². The number of halogens is 1. The standard InChI is InChI=1S/C24H20ClN3O3/c1-14-8-9-17(12-20(14)26-15(2)29)24(30)31-22(16-6-4-3-5-7-16)23-27-19-11-10-18(25)13-21(19)28-23/h3-13,22H,1-2H3,(H,26,29)(H,27,28)/t22-/m0/s1. The zero-order chi connectivity index (χ0) is 22.0. The molecule has 2 N–H and O–H groups in total. The van der Waals surface area contributed by atoms with Crippen LogP contribution in [0.25, 0.3) is 11.0 Å². The predicted octanol–water partition coefficient (Wildman–Crippen LogP) is 5.43. The lowest BCUT2D eigenvalue weighted by Gasteiger charge is -2.17. The summed E-state index contributed by atoms with van der Waals surface area (Å²) in [5.74, 6) is -0.248. The van der Waals surface area contributed by atoms with Gasteiger partial charge in [-0.25, -0.2) is 9.78 Å². The Balaban J connectivity index is 1.70. The summed E-state index contributed by atoms with van der Waals surface area (Å²) in [6.07, 6.45) is -0.745. The van der Waals surface area contributed by atoms with Crippen LogP contribution in [0.15, 0.2) is 66.7 Å². The smallest absolute Gasteiger partial charge is 0.339 e. The fourth-order valence-corrected chi connectivity index (χ4v) is 3.46. The molecule has 0 radical (unpaired) electrons. The highest BCUT2D eigenvalue weighted by Crippen LogP contribution is 2.28. The fraction of sp³-hybridized carbons (Fsp3) is 0.125. The number of carbonyl (C=O) groups excluding carboxylic acids is 2. The van der Waals surface area contributed by atoms with Crippen molar-refractivity contribution in [3.05, 3.63) is 94.3 Å². The number of aromatic amines is 1. The van der Waals surface area contributed by atoms with E-state index in [0.29, 0.717) is 22.1 Å². The molecule has 0 aliphatic rings. The molecule has 0 aliphatic carbocycles. The number of aromatic nitrogens is 2. The van der Waals surface area contributed by atoms with Gasteiger partial charge < -0.3 is 15.0 Å². The van der Waals surface area contributed by atoms with E-state index in [-0.39, 0.29) is 5.91 Å². The van der Waals surface area contributed by atoms with E-state index in [9.17, 15) is 9.59 Å². The van der Waals surface area contributed by atoms with E-state index in [1.807, 2.05) is 37.3 Å². The second-order valence-corrected chi connectivity index (χ2v) is 7.63. The SMILES string of the molecule is CC(=O)Nc1cc(C(=O)O[C@@H](c2ccccc2)c2nc3ccc(Cl)cc3[nH]2)ccc1C. The van der Waals surface area contributed by atoms with Gasteiger partial charge in [0, 0.05) is 23.2 Å². The number of carbonyl (C=O) groups is 2. The molecule has 1 aromatic heterocycles. The number of fused-ring (bicyclic) bond motifs is 1. The van der Waals surface area contributed by atoms with Gasteiger partial charge in [-0.05, 0) is 42.8 Å². The van der Waals surface area contributed by atoms with E-state index in [0.717, 1.165) is 22.2 Å². The number of nitrogens with zero attached hydrogens (tertiary/aromatic N) is 1. The number of hydrogen-bond donors (Lipinski definition) is 2. The van der Waals surface area contributed by atoms with Crippen molar-refractivity contribution < 1.29 is 14.3 Å². The van der Waals surface area contributed by atoms with E-state index in [1.54, 1.807) is 36.4 Å². The predicted molar refractivity (Wildman–Crippen MR) is 120 cm³/mol. The van der Waals surface area contributed by atoms with Crippen molar-refractivity contribution >= 4 is 40.2 Å². The number of aryl methyl sites for hydroxylation is 1. The second kappa shape index (κ2) is 8.62. The van der Waals surface area contributed by atoms with Crippen molar-refractivity contribution in [3.63, 3.8) is 0 Å². The summed E-state index contributed by atoms with van der Waals surface area (Å²) in [5, 5.41) is 3.31. The molecule has 4 aromatic rings. The maximum atomic E-state index is 13.0. The molecule has 0 unspecified atom stereocenters. The molecule has 3 aromatic carbocycles. The number of amides is 1. The minimum atomic E-state index is -0.745. The summed E-state index contributed by atoms with van der Waals surface area (Å²) < 4.78 is 5.89. The lowest BCUT2D eigenvalue weighted by Crippen LogP contribution is -2.15. The minimum Gasteiger partial charge on any atom is -0.446 e. The number of ether oxygens (including phenoxy) is 1. The number of H-pyrrole nitrogens is 1. The van der Waals surface area contributed by atoms with Crippen molar-refractivity contribution in [3.8, 4) is 0 Å². The van der Waals surface area contributed by atoms with Crippen molar-refractivity contribution in [1.29, 1.82) is 0 Å². The number of benzene rings is 3. The molecule has 4 rings (SSSR count). The largest absolute Gasteiger partial charge is 0.446 e. The minimum absolute atomic E-state index is 0.211. The maximum absolute atomic E-state index is 13.0. The van der Waals surface area contributed by atoms with Gasteiger partial charge in [-0.15, -0.1) is 0 Å². The first-order chi connectivity index (χ1) is 14.9. The number of nitrogens with one attached hydrogen (secondary N) is 2. The van der Waals surface area contributed by atoms with E-state index < -0.39 is 12.1 Å². The van der Waals surface area contributed by atoms with Gasteiger partial charge in [-0.1, -0.05) is 48.0 Å². The molecule has 1 amide bonds. The van der Waals surface area contributed by atoms with Crippen LogP contribution in [0.1, 0.15) is 40.3 Å². The number of esters is 1. The Morgan fingerprint density at radius 1 is 1.06 bits per heavy atom. The van der Waals surface area contributed by atoms with Gasteiger partial charge in [-0.2, -0.15) is 0 Å². The van der Waals surface area contributed by atoms with E-state index in [1.165, 1.54) is 6.92 Å². The molecule has 6 nitrogen and oxygen atoms in total. The van der Waals surface area contributed by atoms with E-state index in [2.05, 4.69) is 15.3 Å². The molecule has 0 aliphatic heterocycles. The van der Waals surface area contributed by atoms with E-state index >= 15 is 0 Å². The number of hydrogen-bond acceptors (Lipinski definition) is 4. The Bertz CT molecular complexity index is 1270. The Kier molecular flexibility index (Phi) is 5.73. The van der Waals surface area contributed by atoms with Gasteiger partial charge in [0.25, 0.3) is 0 Å². The summed E-state index contributed by atoms with van der Waals surface area (Å²) in [5.41, 5.74) is 3.99. The molecule has 0 fully saturated rings. The van der Waals surface area contributed by atoms with Gasteiger partial charge in [0.15, 0.2) is 11.9 Å². The highest BCUT2D eigenvalue weighted by atomic mass is 35.5. The lowest BCUT2D eigenvalue weighted by molar-refractivity contribution is -0.114. The van der Waals surface area contributed by atoms with Crippen LogP contribution in [0.4, 0.5) is 5.69 Å². The topological polar surface area (TPSA) is 84.1 Å². The Morgan fingerprint density at radius 2 is 1.84 bits per heavy atom. The van der Waals surface area contributed by atoms with Gasteiger partial charge in [0.1, 0.15) is 0 Å². The third-order valence-corrected chi connectivity index (χ3v) is 5.06. The summed E-state index contributed by atoms with van der Waals surface area (Å²) in [6.45, 7) is 3.27. The Hall–Kier alpha value is -3.64. The van der Waals surface area contributed by atoms with Crippen molar-refractivity contribution in [2.45, 2.75) is 20.0 Å². The van der Waals surface area contributed by atoms with Crippen LogP contribution in [0.3, 0.4) is 0 Å². The van der Waals surface area contributed by atoms with Gasteiger partial charge in [0.2, 0.25) is 5.91 Å². The van der Waals surface area contributed by atoms with Crippen molar-refractivity contribution in [2.24, 2.45) is 0 Å². The van der Waals surface area contributed by atoms with Gasteiger partial charge >= 0.3 is 5.97 Å². The molecule has 1 atom stereocenters. The summed E-state index contributed by atoms with van der Waals surface area (Å²) >= 11 is 6.09. The Morgan fingerprint density at radius 3 is 2.58 bits per heavy atom. The molecule has 156 valence electrons. The van der Waals surface area contributed by atoms with Crippen molar-refractivity contribution in [2.75, 3.05) is 5.32 Å². The first-order valence-corrected chi connectivity index (χ1v) is 10.1. The van der Waals surface area contributed by atoms with Crippen LogP contribution < -0.4 is 5.32 Å². The molecule has 0 spiro atoms. The highest BCUT2D eigenvalue weighted by molar-refractivity contribution is 6.31.